The molecule has 1 aliphatic heterocycles. The summed E-state index contributed by atoms with van der Waals surface area (Å²) >= 11 is 0. The lowest BCUT2D eigenvalue weighted by molar-refractivity contribution is -0.308. The minimum Gasteiger partial charge on any atom is -0.497 e. The van der Waals surface area contributed by atoms with Crippen LogP contribution in [0.15, 0.2) is 72.8 Å². The van der Waals surface area contributed by atoms with Crippen LogP contribution >= 0.6 is 0 Å². The van der Waals surface area contributed by atoms with E-state index in [1.807, 2.05) is 79.7 Å². The fourth-order valence-electron chi connectivity index (χ4n) is 4.33. The molecule has 5 atom stereocenters. The van der Waals surface area contributed by atoms with Crippen LogP contribution in [0.5, 0.6) is 17.2 Å². The quantitative estimate of drug-likeness (QED) is 0.371. The van der Waals surface area contributed by atoms with Gasteiger partial charge in [-0.15, -0.1) is 0 Å². The Morgan fingerprint density at radius 1 is 0.553 bits per heavy atom. The molecule has 0 aliphatic carbocycles. The number of ether oxygens (including phenoxy) is 7. The van der Waals surface area contributed by atoms with E-state index in [9.17, 15) is 5.11 Å². The van der Waals surface area contributed by atoms with E-state index in [2.05, 4.69) is 0 Å². The summed E-state index contributed by atoms with van der Waals surface area (Å²) in [5.41, 5.74) is 2.87. The van der Waals surface area contributed by atoms with Crippen molar-refractivity contribution in [1.82, 2.24) is 0 Å². The van der Waals surface area contributed by atoms with Gasteiger partial charge in [0, 0.05) is 0 Å². The summed E-state index contributed by atoms with van der Waals surface area (Å²) in [5, 5.41) is 10.9. The smallest absolute Gasteiger partial charge is 0.184 e. The van der Waals surface area contributed by atoms with E-state index in [0.717, 1.165) is 33.9 Å². The van der Waals surface area contributed by atoms with E-state index >= 15 is 0 Å². The van der Waals surface area contributed by atoms with Gasteiger partial charge in [-0.2, -0.15) is 0 Å². The fraction of sp³-hybridized carbons (Fsp3) is 0.400. The molecule has 4 rings (SSSR count). The number of rotatable bonds is 12. The van der Waals surface area contributed by atoms with Gasteiger partial charge in [-0.1, -0.05) is 36.4 Å². The van der Waals surface area contributed by atoms with Gasteiger partial charge in [0.1, 0.15) is 35.6 Å². The topological polar surface area (TPSA) is 84.8 Å². The minimum atomic E-state index is -1.18. The number of aliphatic hydroxyl groups excluding tert-OH is 1. The Morgan fingerprint density at radius 2 is 0.895 bits per heavy atom. The van der Waals surface area contributed by atoms with E-state index in [1.54, 1.807) is 21.3 Å². The van der Waals surface area contributed by atoms with Crippen molar-refractivity contribution in [3.05, 3.63) is 89.5 Å². The molecule has 1 fully saturated rings. The highest BCUT2D eigenvalue weighted by atomic mass is 16.7. The molecule has 3 aromatic rings. The molecule has 1 unspecified atom stereocenters. The van der Waals surface area contributed by atoms with Crippen molar-refractivity contribution in [3.8, 4) is 17.2 Å². The molecule has 204 valence electrons. The number of hydrogen-bond donors (Lipinski definition) is 1. The van der Waals surface area contributed by atoms with Crippen molar-refractivity contribution in [2.45, 2.75) is 57.5 Å². The zero-order chi connectivity index (χ0) is 26.9. The van der Waals surface area contributed by atoms with E-state index in [-0.39, 0.29) is 6.61 Å². The third-order valence-electron chi connectivity index (χ3n) is 6.55. The van der Waals surface area contributed by atoms with Crippen LogP contribution < -0.4 is 14.2 Å². The van der Waals surface area contributed by atoms with Crippen molar-refractivity contribution in [2.75, 3.05) is 21.3 Å². The summed E-state index contributed by atoms with van der Waals surface area (Å²) in [4.78, 5) is 0. The highest BCUT2D eigenvalue weighted by Crippen LogP contribution is 2.30. The predicted octanol–water partition coefficient (Wildman–Crippen LogP) is 4.51. The van der Waals surface area contributed by atoms with Gasteiger partial charge in [-0.25, -0.2) is 0 Å². The molecular formula is C30H36O8. The Labute approximate surface area is 224 Å². The van der Waals surface area contributed by atoms with Crippen LogP contribution in [0.4, 0.5) is 0 Å². The van der Waals surface area contributed by atoms with Gasteiger partial charge in [0.15, 0.2) is 6.29 Å². The van der Waals surface area contributed by atoms with Gasteiger partial charge >= 0.3 is 0 Å². The van der Waals surface area contributed by atoms with E-state index < -0.39 is 30.7 Å². The summed E-state index contributed by atoms with van der Waals surface area (Å²) in [5.74, 6) is 2.31. The summed E-state index contributed by atoms with van der Waals surface area (Å²) in [6.07, 6.45) is -3.45. The monoisotopic (exact) mass is 524 g/mol. The van der Waals surface area contributed by atoms with Crippen molar-refractivity contribution in [1.29, 1.82) is 0 Å². The second-order valence-electron chi connectivity index (χ2n) is 9.10. The maximum absolute atomic E-state index is 10.9. The van der Waals surface area contributed by atoms with Gasteiger partial charge < -0.3 is 38.3 Å². The Balaban J connectivity index is 1.50. The number of methoxy groups -OCH3 is 3. The Morgan fingerprint density at radius 3 is 1.26 bits per heavy atom. The fourth-order valence-corrected chi connectivity index (χ4v) is 4.33. The number of aliphatic hydroxyl groups is 1. The van der Waals surface area contributed by atoms with Gasteiger partial charge in [0.25, 0.3) is 0 Å². The summed E-state index contributed by atoms with van der Waals surface area (Å²) in [6.45, 7) is 2.77. The Bertz CT molecular complexity index is 1040. The van der Waals surface area contributed by atoms with Gasteiger partial charge in [0.05, 0.1) is 47.3 Å². The van der Waals surface area contributed by atoms with E-state index in [4.69, 9.17) is 33.2 Å². The molecule has 0 aromatic heterocycles. The molecule has 0 amide bonds. The second-order valence-corrected chi connectivity index (χ2v) is 9.10. The van der Waals surface area contributed by atoms with Crippen LogP contribution in [0.3, 0.4) is 0 Å². The summed E-state index contributed by atoms with van der Waals surface area (Å²) in [6, 6.07) is 22.9. The molecule has 1 N–H and O–H groups in total. The molecule has 1 heterocycles. The highest BCUT2D eigenvalue weighted by Gasteiger charge is 2.46. The zero-order valence-electron chi connectivity index (χ0n) is 22.2. The maximum Gasteiger partial charge on any atom is 0.184 e. The van der Waals surface area contributed by atoms with Crippen molar-refractivity contribution in [2.24, 2.45) is 0 Å². The van der Waals surface area contributed by atoms with Crippen LogP contribution in [0.25, 0.3) is 0 Å². The molecule has 1 saturated heterocycles. The minimum absolute atomic E-state index is 0.261. The third-order valence-corrected chi connectivity index (χ3v) is 6.55. The summed E-state index contributed by atoms with van der Waals surface area (Å²) in [7, 11) is 4.89. The van der Waals surface area contributed by atoms with Crippen LogP contribution in [0.1, 0.15) is 23.6 Å². The first-order valence-electron chi connectivity index (χ1n) is 12.6. The molecule has 38 heavy (non-hydrogen) atoms. The van der Waals surface area contributed by atoms with Gasteiger partial charge in [-0.3, -0.25) is 0 Å². The lowest BCUT2D eigenvalue weighted by Crippen LogP contribution is -2.59. The lowest BCUT2D eigenvalue weighted by atomic mass is 9.98. The SMILES string of the molecule is COc1ccc(CO[C@@H]2[C@H](OCc3ccc(OC)cc3)[C@H](C)OC(O)[C@H]2OCc2ccc(OC)cc2)cc1. The van der Waals surface area contributed by atoms with Crippen molar-refractivity contribution in [3.63, 3.8) is 0 Å². The normalized spacial score (nSPS) is 23.1. The van der Waals surface area contributed by atoms with Crippen LogP contribution in [0.2, 0.25) is 0 Å². The molecule has 0 bridgehead atoms. The highest BCUT2D eigenvalue weighted by molar-refractivity contribution is 5.28. The molecule has 3 aromatic carbocycles. The van der Waals surface area contributed by atoms with E-state index in [1.165, 1.54) is 0 Å². The molecule has 0 saturated carbocycles. The third kappa shape index (κ3) is 7.24. The molecule has 8 nitrogen and oxygen atoms in total. The van der Waals surface area contributed by atoms with Gasteiger partial charge in [0.2, 0.25) is 0 Å². The first-order chi connectivity index (χ1) is 18.5. The molecule has 8 heteroatoms. The molecule has 0 spiro atoms. The zero-order valence-corrected chi connectivity index (χ0v) is 22.2. The molecule has 0 radical (unpaired) electrons. The number of benzene rings is 3. The standard InChI is InChI=1S/C30H36O8/c1-20-27(35-17-21-5-11-24(32-2)12-6-21)28(36-18-22-7-13-25(33-3)14-8-22)29(30(31)38-20)37-19-23-9-15-26(34-4)16-10-23/h5-16,20,27-31H,17-19H2,1-4H3/t20-,27+,28+,29-,30?/m0/s1. The van der Waals surface area contributed by atoms with Gasteiger partial charge in [-0.05, 0) is 60.0 Å². The predicted molar refractivity (Wildman–Crippen MR) is 141 cm³/mol. The Kier molecular flexibility index (Phi) is 9.98. The summed E-state index contributed by atoms with van der Waals surface area (Å²) < 4.78 is 40.5. The van der Waals surface area contributed by atoms with Crippen LogP contribution in [-0.4, -0.2) is 57.1 Å². The average Bonchev–Trinajstić information content (AvgIpc) is 2.96. The maximum atomic E-state index is 10.9. The van der Waals surface area contributed by atoms with Crippen molar-refractivity contribution >= 4 is 0 Å². The molecule has 1 aliphatic rings. The lowest BCUT2D eigenvalue weighted by Gasteiger charge is -2.43. The second kappa shape index (κ2) is 13.6. The first kappa shape index (κ1) is 27.9. The average molecular weight is 525 g/mol. The van der Waals surface area contributed by atoms with Crippen LogP contribution in [0, 0.1) is 0 Å². The van der Waals surface area contributed by atoms with Crippen molar-refractivity contribution < 1.29 is 38.3 Å². The Hall–Kier alpha value is -3.14. The largest absolute Gasteiger partial charge is 0.497 e. The number of hydrogen-bond acceptors (Lipinski definition) is 8. The molecular weight excluding hydrogens is 488 g/mol. The van der Waals surface area contributed by atoms with Crippen LogP contribution in [-0.2, 0) is 38.8 Å². The first-order valence-corrected chi connectivity index (χ1v) is 12.6. The van der Waals surface area contributed by atoms with E-state index in [0.29, 0.717) is 13.2 Å².